The summed E-state index contributed by atoms with van der Waals surface area (Å²) in [5, 5.41) is 15.7. The van der Waals surface area contributed by atoms with Crippen molar-refractivity contribution in [2.75, 3.05) is 50.1 Å². The first-order valence-electron chi connectivity index (χ1n) is 16.7. The minimum absolute atomic E-state index is 0.0679. The lowest BCUT2D eigenvalue weighted by Gasteiger charge is -2.41. The van der Waals surface area contributed by atoms with Gasteiger partial charge in [-0.05, 0) is 85.9 Å². The number of phenols is 1. The molecule has 3 saturated heterocycles. The van der Waals surface area contributed by atoms with Crippen LogP contribution in [0.25, 0.3) is 32.8 Å². The van der Waals surface area contributed by atoms with Crippen LogP contribution in [-0.2, 0) is 4.79 Å². The summed E-state index contributed by atoms with van der Waals surface area (Å²) >= 11 is 0. The second-order valence-electron chi connectivity index (χ2n) is 13.2. The smallest absolute Gasteiger partial charge is 0.319 e. The van der Waals surface area contributed by atoms with Crippen molar-refractivity contribution in [3.8, 4) is 22.9 Å². The van der Waals surface area contributed by atoms with Crippen LogP contribution in [0.5, 0.6) is 11.8 Å². The Labute approximate surface area is 278 Å². The molecule has 3 aromatic carbocycles. The van der Waals surface area contributed by atoms with Crippen LogP contribution in [-0.4, -0.2) is 93.7 Å². The molecular weight excluding hydrogens is 609 g/mol. The van der Waals surface area contributed by atoms with Crippen LogP contribution in [0, 0.1) is 5.82 Å². The van der Waals surface area contributed by atoms with Gasteiger partial charge in [-0.15, -0.1) is 0 Å². The zero-order valence-corrected chi connectivity index (χ0v) is 26.8. The van der Waals surface area contributed by atoms with Gasteiger partial charge in [-0.3, -0.25) is 9.69 Å². The number of ether oxygens (including phenoxy) is 1. The van der Waals surface area contributed by atoms with Gasteiger partial charge in [0, 0.05) is 48.4 Å². The van der Waals surface area contributed by atoms with Gasteiger partial charge >= 0.3 is 6.01 Å². The van der Waals surface area contributed by atoms with E-state index < -0.39 is 5.82 Å². The predicted molar refractivity (Wildman–Crippen MR) is 184 cm³/mol. The van der Waals surface area contributed by atoms with Crippen LogP contribution in [0.3, 0.4) is 0 Å². The van der Waals surface area contributed by atoms with E-state index in [2.05, 4.69) is 37.0 Å². The number of aromatic hydroxyl groups is 1. The highest BCUT2D eigenvalue weighted by molar-refractivity contribution is 6.01. The maximum atomic E-state index is 16.8. The molecule has 0 radical (unpaired) electrons. The number of rotatable bonds is 8. The Morgan fingerprint density at radius 2 is 1.79 bits per heavy atom. The number of likely N-dealkylation sites (N-methyl/N-ethyl adjacent to an activating group) is 1. The zero-order chi connectivity index (χ0) is 32.8. The van der Waals surface area contributed by atoms with Gasteiger partial charge in [0.05, 0.1) is 6.54 Å². The molecule has 0 aliphatic carbocycles. The van der Waals surface area contributed by atoms with Crippen molar-refractivity contribution >= 4 is 39.2 Å². The molecule has 2 N–H and O–H groups in total. The van der Waals surface area contributed by atoms with Crippen LogP contribution in [0.4, 0.5) is 16.0 Å². The highest BCUT2D eigenvalue weighted by Gasteiger charge is 2.41. The first-order chi connectivity index (χ1) is 23.4. The average Bonchev–Trinajstić information content (AvgIpc) is 3.59. The van der Waals surface area contributed by atoms with Gasteiger partial charge in [0.15, 0.2) is 5.82 Å². The lowest BCUT2D eigenvalue weighted by atomic mass is 9.96. The van der Waals surface area contributed by atoms with Crippen molar-refractivity contribution in [3.05, 3.63) is 78.7 Å². The standard InChI is InChI=1S/C37H38FN7O3/c1-43-16-6-8-26(43)22-48-37-41-35-30(14-13-29(34(35)38)31-18-27(46)17-23-7-2-3-9-28(23)31)36(42-37)44-19-24-11-12-25(20-44)45(24)21-33(47)40-32-10-4-5-15-39-32/h2-5,7,9-10,13-15,17-18,24-26,46H,6,8,11-12,16,19-22H2,1H3,(H,39,40,47). The molecule has 48 heavy (non-hydrogen) atoms. The fourth-order valence-electron chi connectivity index (χ4n) is 7.72. The molecular formula is C37H38FN7O3. The molecule has 5 heterocycles. The van der Waals surface area contributed by atoms with Gasteiger partial charge in [0.1, 0.15) is 29.5 Å². The third-order valence-corrected chi connectivity index (χ3v) is 10.2. The van der Waals surface area contributed by atoms with Crippen molar-refractivity contribution in [2.45, 2.75) is 43.8 Å². The van der Waals surface area contributed by atoms with E-state index in [-0.39, 0.29) is 47.9 Å². The normalized spacial score (nSPS) is 21.3. The van der Waals surface area contributed by atoms with Crippen molar-refractivity contribution in [2.24, 2.45) is 0 Å². The summed E-state index contributed by atoms with van der Waals surface area (Å²) in [5.41, 5.74) is 1.13. The molecule has 246 valence electrons. The number of phenolic OH excluding ortho intramolecular Hbond substituents is 1. The molecule has 1 amide bonds. The first kappa shape index (κ1) is 30.5. The largest absolute Gasteiger partial charge is 0.508 e. The van der Waals surface area contributed by atoms with Crippen molar-refractivity contribution in [1.29, 1.82) is 0 Å². The Morgan fingerprint density at radius 1 is 0.979 bits per heavy atom. The number of hydrogen-bond acceptors (Lipinski definition) is 9. The van der Waals surface area contributed by atoms with E-state index in [4.69, 9.17) is 9.72 Å². The minimum atomic E-state index is -0.484. The molecule has 0 spiro atoms. The maximum Gasteiger partial charge on any atom is 0.319 e. The minimum Gasteiger partial charge on any atom is -0.508 e. The molecule has 0 saturated carbocycles. The van der Waals surface area contributed by atoms with Crippen LogP contribution < -0.4 is 15.0 Å². The molecule has 11 heteroatoms. The van der Waals surface area contributed by atoms with Crippen LogP contribution >= 0.6 is 0 Å². The van der Waals surface area contributed by atoms with E-state index in [0.29, 0.717) is 47.8 Å². The molecule has 3 atom stereocenters. The molecule has 3 unspecified atom stereocenters. The Kier molecular flexibility index (Phi) is 8.01. The monoisotopic (exact) mass is 647 g/mol. The molecule has 8 rings (SSSR count). The van der Waals surface area contributed by atoms with Crippen molar-refractivity contribution in [3.63, 3.8) is 0 Å². The van der Waals surface area contributed by atoms with E-state index >= 15 is 4.39 Å². The maximum absolute atomic E-state index is 16.8. The fourth-order valence-corrected chi connectivity index (χ4v) is 7.72. The summed E-state index contributed by atoms with van der Waals surface area (Å²) in [5.74, 6) is 0.668. The molecule has 5 aromatic rings. The number of amides is 1. The number of hydrogen-bond donors (Lipinski definition) is 2. The lowest BCUT2D eigenvalue weighted by molar-refractivity contribution is -0.118. The summed E-state index contributed by atoms with van der Waals surface area (Å²) in [6.45, 7) is 3.00. The molecule has 3 aliphatic rings. The topological polar surface area (TPSA) is 107 Å². The van der Waals surface area contributed by atoms with Crippen molar-refractivity contribution < 1.29 is 19.0 Å². The number of pyridine rings is 1. The van der Waals surface area contributed by atoms with E-state index in [0.717, 1.165) is 43.0 Å². The number of benzene rings is 3. The van der Waals surface area contributed by atoms with E-state index in [9.17, 15) is 9.90 Å². The molecule has 2 bridgehead atoms. The number of carbonyl (C=O) groups excluding carboxylic acids is 1. The van der Waals surface area contributed by atoms with Crippen LogP contribution in [0.1, 0.15) is 25.7 Å². The number of anilines is 2. The van der Waals surface area contributed by atoms with Gasteiger partial charge in [0.2, 0.25) is 5.91 Å². The highest BCUT2D eigenvalue weighted by Crippen LogP contribution is 2.40. The third-order valence-electron chi connectivity index (χ3n) is 10.2. The van der Waals surface area contributed by atoms with E-state index in [1.165, 1.54) is 0 Å². The second-order valence-corrected chi connectivity index (χ2v) is 13.2. The molecule has 3 aliphatic heterocycles. The summed E-state index contributed by atoms with van der Waals surface area (Å²) in [7, 11) is 2.09. The number of halogens is 1. The Bertz CT molecular complexity index is 1980. The van der Waals surface area contributed by atoms with Gasteiger partial charge in [0.25, 0.3) is 0 Å². The van der Waals surface area contributed by atoms with Crippen LogP contribution in [0.2, 0.25) is 0 Å². The molecule has 3 fully saturated rings. The number of aromatic nitrogens is 3. The van der Waals surface area contributed by atoms with E-state index in [1.54, 1.807) is 30.5 Å². The number of fused-ring (bicyclic) bond motifs is 4. The quantitative estimate of drug-likeness (QED) is 0.227. The third kappa shape index (κ3) is 5.77. The Hall–Kier alpha value is -4.87. The molecule has 10 nitrogen and oxygen atoms in total. The van der Waals surface area contributed by atoms with Gasteiger partial charge in [-0.2, -0.15) is 9.97 Å². The van der Waals surface area contributed by atoms with Crippen molar-refractivity contribution in [1.82, 2.24) is 24.8 Å². The first-order valence-corrected chi connectivity index (χ1v) is 16.7. The van der Waals surface area contributed by atoms with Gasteiger partial charge in [-0.1, -0.05) is 36.4 Å². The average molecular weight is 648 g/mol. The lowest BCUT2D eigenvalue weighted by Crippen LogP contribution is -2.55. The Morgan fingerprint density at radius 3 is 2.56 bits per heavy atom. The number of likely N-dealkylation sites (tertiary alicyclic amines) is 1. The van der Waals surface area contributed by atoms with Crippen LogP contribution in [0.15, 0.2) is 72.9 Å². The number of nitrogens with zero attached hydrogens (tertiary/aromatic N) is 6. The SMILES string of the molecule is CN1CCCC1COc1nc(N2CC3CCC(C2)N3CC(=O)Nc2ccccn2)c2ccc(-c3cc(O)cc4ccccc34)c(F)c2n1. The highest BCUT2D eigenvalue weighted by atomic mass is 19.1. The second kappa shape index (κ2) is 12.6. The zero-order valence-electron chi connectivity index (χ0n) is 26.8. The Balaban J connectivity index is 1.13. The predicted octanol–water partition coefficient (Wildman–Crippen LogP) is 5.45. The van der Waals surface area contributed by atoms with Gasteiger partial charge < -0.3 is 25.0 Å². The summed E-state index contributed by atoms with van der Waals surface area (Å²) in [4.78, 5) is 33.5. The fraction of sp³-hybridized carbons (Fsp3) is 0.351. The summed E-state index contributed by atoms with van der Waals surface area (Å²) in [6.07, 6.45) is 5.71. The molecule has 2 aromatic heterocycles. The number of carbonyl (C=O) groups is 1. The summed E-state index contributed by atoms with van der Waals surface area (Å²) < 4.78 is 23.0. The van der Waals surface area contributed by atoms with Gasteiger partial charge in [-0.25, -0.2) is 9.37 Å². The number of piperazine rings is 1. The summed E-state index contributed by atoms with van der Waals surface area (Å²) in [6, 6.07) is 20.7. The van der Waals surface area contributed by atoms with E-state index in [1.807, 2.05) is 42.5 Å². The number of nitrogens with one attached hydrogen (secondary N) is 1.